The Bertz CT molecular complexity index is 1600. The molecule has 9 nitrogen and oxygen atoms in total. The van der Waals surface area contributed by atoms with Crippen LogP contribution in [-0.4, -0.2) is 44.0 Å². The lowest BCUT2D eigenvalue weighted by Gasteiger charge is -2.17. The minimum atomic E-state index is -4.78. The number of hydrogen-bond donors (Lipinski definition) is 1. The molecule has 0 radical (unpaired) electrons. The smallest absolute Gasteiger partial charge is 0.406 e. The zero-order chi connectivity index (χ0) is 28.4. The average molecular weight is 571 g/mol. The standard InChI is InChI=1S/C26H18F4N6O3S/c1-15-2-11-20(27)21(12-15)36-22(37)13-40-25(36)33-24(38)32-17-5-3-16(4-6-17)23-31-14-35(34-23)18-7-9-19(10-8-18)39-26(28,29)30/h2-12,14H,13H2,1H3,(H,32,38). The van der Waals surface area contributed by atoms with E-state index in [0.717, 1.165) is 22.2 Å². The first-order valence-corrected chi connectivity index (χ1v) is 12.5. The van der Waals surface area contributed by atoms with Gasteiger partial charge in [-0.05, 0) is 73.2 Å². The van der Waals surface area contributed by atoms with Crippen LogP contribution in [0, 0.1) is 12.7 Å². The highest BCUT2D eigenvalue weighted by atomic mass is 32.2. The van der Waals surface area contributed by atoms with E-state index in [0.29, 0.717) is 22.8 Å². The Morgan fingerprint density at radius 3 is 2.50 bits per heavy atom. The van der Waals surface area contributed by atoms with Crippen LogP contribution in [0.15, 0.2) is 78.0 Å². The molecule has 5 rings (SSSR count). The van der Waals surface area contributed by atoms with Crippen molar-refractivity contribution in [1.82, 2.24) is 14.8 Å². The van der Waals surface area contributed by atoms with E-state index in [-0.39, 0.29) is 28.3 Å². The van der Waals surface area contributed by atoms with E-state index < -0.39 is 18.2 Å². The molecule has 0 spiro atoms. The molecule has 2 heterocycles. The fourth-order valence-corrected chi connectivity index (χ4v) is 4.60. The van der Waals surface area contributed by atoms with Crippen molar-refractivity contribution >= 4 is 40.2 Å². The number of hydrogen-bond acceptors (Lipinski definition) is 6. The maximum absolute atomic E-state index is 14.4. The predicted octanol–water partition coefficient (Wildman–Crippen LogP) is 5.95. The summed E-state index contributed by atoms with van der Waals surface area (Å²) in [4.78, 5) is 34.2. The van der Waals surface area contributed by atoms with Crippen LogP contribution >= 0.6 is 11.8 Å². The van der Waals surface area contributed by atoms with Gasteiger partial charge < -0.3 is 10.1 Å². The van der Waals surface area contributed by atoms with Crippen LogP contribution in [-0.2, 0) is 4.79 Å². The van der Waals surface area contributed by atoms with Gasteiger partial charge in [-0.2, -0.15) is 4.99 Å². The number of thioether (sulfide) groups is 1. The number of aromatic nitrogens is 3. The molecule has 1 fully saturated rings. The van der Waals surface area contributed by atoms with Gasteiger partial charge in [-0.1, -0.05) is 17.8 Å². The molecule has 0 atom stereocenters. The molecule has 3 aromatic carbocycles. The Morgan fingerprint density at radius 2 is 1.80 bits per heavy atom. The summed E-state index contributed by atoms with van der Waals surface area (Å²) in [6.45, 7) is 1.76. The molecule has 40 heavy (non-hydrogen) atoms. The molecule has 1 saturated heterocycles. The summed E-state index contributed by atoms with van der Waals surface area (Å²) in [7, 11) is 0. The van der Waals surface area contributed by atoms with Crippen molar-refractivity contribution < 1.29 is 31.9 Å². The number of carbonyl (C=O) groups is 2. The molecule has 0 saturated carbocycles. The van der Waals surface area contributed by atoms with Gasteiger partial charge in [0.25, 0.3) is 0 Å². The fraction of sp³-hybridized carbons (Fsp3) is 0.115. The Labute approximate surface area is 228 Å². The Kier molecular flexibility index (Phi) is 7.26. The second-order valence-corrected chi connectivity index (χ2v) is 9.37. The van der Waals surface area contributed by atoms with E-state index >= 15 is 0 Å². The zero-order valence-electron chi connectivity index (χ0n) is 20.5. The van der Waals surface area contributed by atoms with Gasteiger partial charge in [-0.3, -0.25) is 9.69 Å². The number of ether oxygens (including phenoxy) is 1. The number of benzene rings is 3. The first kappa shape index (κ1) is 26.9. The summed E-state index contributed by atoms with van der Waals surface area (Å²) in [6, 6.07) is 15.3. The van der Waals surface area contributed by atoms with Crippen molar-refractivity contribution in [2.24, 2.45) is 4.99 Å². The lowest BCUT2D eigenvalue weighted by atomic mass is 10.2. The Hall–Kier alpha value is -4.72. The van der Waals surface area contributed by atoms with E-state index in [1.165, 1.54) is 47.4 Å². The second-order valence-electron chi connectivity index (χ2n) is 8.43. The number of nitrogens with one attached hydrogen (secondary N) is 1. The molecule has 1 aliphatic rings. The monoisotopic (exact) mass is 570 g/mol. The average Bonchev–Trinajstić information content (AvgIpc) is 3.53. The van der Waals surface area contributed by atoms with Gasteiger partial charge in [-0.25, -0.2) is 18.9 Å². The molecule has 0 bridgehead atoms. The molecule has 1 aliphatic heterocycles. The summed E-state index contributed by atoms with van der Waals surface area (Å²) in [5.74, 6) is -0.978. The lowest BCUT2D eigenvalue weighted by molar-refractivity contribution is -0.274. The van der Waals surface area contributed by atoms with Gasteiger partial charge in [0, 0.05) is 11.3 Å². The number of nitrogens with zero attached hydrogens (tertiary/aromatic N) is 5. The molecule has 14 heteroatoms. The van der Waals surface area contributed by atoms with Crippen LogP contribution in [0.5, 0.6) is 5.75 Å². The van der Waals surface area contributed by atoms with Gasteiger partial charge in [0.1, 0.15) is 17.9 Å². The van der Waals surface area contributed by atoms with Crippen molar-refractivity contribution in [2.45, 2.75) is 13.3 Å². The second kappa shape index (κ2) is 10.8. The third-order valence-corrected chi connectivity index (χ3v) is 6.45. The third kappa shape index (κ3) is 6.12. The van der Waals surface area contributed by atoms with E-state index in [9.17, 15) is 27.2 Å². The molecular formula is C26H18F4N6O3S. The number of rotatable bonds is 5. The van der Waals surface area contributed by atoms with Gasteiger partial charge in [0.2, 0.25) is 5.91 Å². The molecule has 0 aliphatic carbocycles. The van der Waals surface area contributed by atoms with Crippen LogP contribution in [0.1, 0.15) is 5.56 Å². The fourth-order valence-electron chi connectivity index (χ4n) is 3.74. The number of aryl methyl sites for hydroxylation is 1. The SMILES string of the molecule is Cc1ccc(F)c(N2C(=O)CSC2=NC(=O)Nc2ccc(-c3ncn(-c4ccc(OC(F)(F)F)cc4)n3)cc2)c1. The first-order valence-electron chi connectivity index (χ1n) is 11.6. The maximum Gasteiger partial charge on any atom is 0.573 e. The highest BCUT2D eigenvalue weighted by molar-refractivity contribution is 8.15. The molecule has 204 valence electrons. The number of aliphatic imine (C=N–C) groups is 1. The van der Waals surface area contributed by atoms with Crippen molar-refractivity contribution in [3.63, 3.8) is 0 Å². The van der Waals surface area contributed by atoms with Crippen LogP contribution in [0.4, 0.5) is 33.7 Å². The first-order chi connectivity index (χ1) is 19.1. The van der Waals surface area contributed by atoms with Crippen molar-refractivity contribution in [1.29, 1.82) is 0 Å². The number of alkyl halides is 3. The van der Waals surface area contributed by atoms with Gasteiger partial charge in [0.15, 0.2) is 11.0 Å². The third-order valence-electron chi connectivity index (χ3n) is 5.53. The van der Waals surface area contributed by atoms with Crippen molar-refractivity contribution in [2.75, 3.05) is 16.0 Å². The van der Waals surface area contributed by atoms with Gasteiger partial charge in [0.05, 0.1) is 17.1 Å². The van der Waals surface area contributed by atoms with E-state index in [1.54, 1.807) is 37.3 Å². The quantitative estimate of drug-likeness (QED) is 0.298. The van der Waals surface area contributed by atoms with E-state index in [1.807, 2.05) is 0 Å². The van der Waals surface area contributed by atoms with Crippen molar-refractivity contribution in [3.05, 3.63) is 84.4 Å². The minimum Gasteiger partial charge on any atom is -0.406 e. The Morgan fingerprint density at radius 1 is 1.07 bits per heavy atom. The summed E-state index contributed by atoms with van der Waals surface area (Å²) in [5, 5.41) is 7.00. The van der Waals surface area contributed by atoms with Gasteiger partial charge in [-0.15, -0.1) is 18.3 Å². The molecule has 1 N–H and O–H groups in total. The number of halogens is 4. The number of anilines is 2. The highest BCUT2D eigenvalue weighted by Crippen LogP contribution is 2.30. The van der Waals surface area contributed by atoms with E-state index in [2.05, 4.69) is 25.1 Å². The summed E-state index contributed by atoms with van der Waals surface area (Å²) < 4.78 is 56.7. The maximum atomic E-state index is 14.4. The normalized spacial score (nSPS) is 14.6. The predicted molar refractivity (Wildman–Crippen MR) is 141 cm³/mol. The van der Waals surface area contributed by atoms with Crippen molar-refractivity contribution in [3.8, 4) is 22.8 Å². The van der Waals surface area contributed by atoms with Gasteiger partial charge >= 0.3 is 12.4 Å². The highest BCUT2D eigenvalue weighted by Gasteiger charge is 2.32. The molecule has 0 unspecified atom stereocenters. The lowest BCUT2D eigenvalue weighted by Crippen LogP contribution is -2.31. The number of amides is 3. The number of carbonyl (C=O) groups excluding carboxylic acids is 2. The topological polar surface area (TPSA) is 102 Å². The number of amidine groups is 1. The molecule has 1 aromatic heterocycles. The van der Waals surface area contributed by atoms with Crippen LogP contribution < -0.4 is 15.0 Å². The minimum absolute atomic E-state index is 0.0271. The van der Waals surface area contributed by atoms with Crippen LogP contribution in [0.3, 0.4) is 0 Å². The molecule has 3 amide bonds. The Balaban J connectivity index is 1.26. The largest absolute Gasteiger partial charge is 0.573 e. The number of urea groups is 1. The zero-order valence-corrected chi connectivity index (χ0v) is 21.3. The summed E-state index contributed by atoms with van der Waals surface area (Å²) in [5.41, 5.74) is 2.26. The summed E-state index contributed by atoms with van der Waals surface area (Å²) >= 11 is 1.03. The molecular weight excluding hydrogens is 552 g/mol. The molecule has 4 aromatic rings. The van der Waals surface area contributed by atoms with Crippen LogP contribution in [0.25, 0.3) is 17.1 Å². The van der Waals surface area contributed by atoms with E-state index in [4.69, 9.17) is 0 Å². The summed E-state index contributed by atoms with van der Waals surface area (Å²) in [6.07, 6.45) is -3.37. The van der Waals surface area contributed by atoms with Crippen LogP contribution in [0.2, 0.25) is 0 Å².